The molecule has 0 saturated heterocycles. The Kier molecular flexibility index (Phi) is 2.02. The van der Waals surface area contributed by atoms with Gasteiger partial charge in [-0.2, -0.15) is 0 Å². The fraction of sp³-hybridized carbons (Fsp3) is 0.200. The van der Waals surface area contributed by atoms with Gasteiger partial charge in [0.1, 0.15) is 4.60 Å². The first kappa shape index (κ1) is 8.34. The normalized spacial score (nSPS) is 21.2. The third-order valence-corrected chi connectivity index (χ3v) is 2.42. The van der Waals surface area contributed by atoms with Gasteiger partial charge in [-0.1, -0.05) is 11.6 Å². The summed E-state index contributed by atoms with van der Waals surface area (Å²) in [6.45, 7) is 0. The van der Waals surface area contributed by atoms with E-state index in [1.54, 1.807) is 10.9 Å². The van der Waals surface area contributed by atoms with E-state index >= 15 is 0 Å². The zero-order valence-electron chi connectivity index (χ0n) is 5.63. The zero-order chi connectivity index (χ0) is 8.72. The number of amidine groups is 1. The Hall–Kier alpha value is -0.260. The van der Waals surface area contributed by atoms with E-state index in [4.69, 9.17) is 23.2 Å². The van der Waals surface area contributed by atoms with E-state index in [1.165, 1.54) is 0 Å². The van der Waals surface area contributed by atoms with E-state index in [1.807, 2.05) is 0 Å². The highest BCUT2D eigenvalue weighted by atomic mass is 79.9. The standard InChI is InChI=1S/C5H3BrCl2N4/c6-2-1-9-4-3(7)10-5(8)11-12(2)4/h1,3H,(H,10,11). The van der Waals surface area contributed by atoms with Crippen molar-refractivity contribution in [2.24, 2.45) is 4.99 Å². The maximum atomic E-state index is 5.84. The third-order valence-electron chi connectivity index (χ3n) is 1.39. The highest BCUT2D eigenvalue weighted by Crippen LogP contribution is 2.26. The number of nitrogens with one attached hydrogen (secondary N) is 1. The summed E-state index contributed by atoms with van der Waals surface area (Å²) >= 11 is 14.8. The van der Waals surface area contributed by atoms with Crippen molar-refractivity contribution >= 4 is 44.4 Å². The van der Waals surface area contributed by atoms with Gasteiger partial charge in [0.25, 0.3) is 0 Å². The van der Waals surface area contributed by atoms with Crippen LogP contribution in [-0.2, 0) is 0 Å². The molecule has 1 atom stereocenters. The largest absolute Gasteiger partial charge is 0.266 e. The molecule has 0 fully saturated rings. The predicted molar refractivity (Wildman–Crippen MR) is 51.2 cm³/mol. The first-order valence-corrected chi connectivity index (χ1v) is 4.67. The fourth-order valence-corrected chi connectivity index (χ4v) is 1.76. The molecule has 0 saturated carbocycles. The second-order valence-corrected chi connectivity index (χ2v) is 3.73. The van der Waals surface area contributed by atoms with E-state index in [2.05, 4.69) is 31.3 Å². The summed E-state index contributed by atoms with van der Waals surface area (Å²) in [7, 11) is 0. The van der Waals surface area contributed by atoms with E-state index in [0.717, 1.165) is 4.60 Å². The Morgan fingerprint density at radius 3 is 3.17 bits per heavy atom. The molecule has 1 aromatic rings. The number of fused-ring (bicyclic) bond motifs is 1. The molecule has 1 aliphatic rings. The summed E-state index contributed by atoms with van der Waals surface area (Å²) in [4.78, 5) is 7.90. The minimum absolute atomic E-state index is 0.251. The second-order valence-electron chi connectivity index (χ2n) is 2.14. The molecule has 2 heterocycles. The number of aliphatic imine (C=N–C) groups is 1. The van der Waals surface area contributed by atoms with Crippen molar-refractivity contribution in [3.63, 3.8) is 0 Å². The van der Waals surface area contributed by atoms with Gasteiger partial charge in [0.2, 0.25) is 5.29 Å². The smallest absolute Gasteiger partial charge is 0.212 e. The van der Waals surface area contributed by atoms with E-state index in [-0.39, 0.29) is 5.29 Å². The van der Waals surface area contributed by atoms with Crippen molar-refractivity contribution in [3.05, 3.63) is 16.6 Å². The molecular weight excluding hydrogens is 267 g/mol. The number of imidazole rings is 1. The Morgan fingerprint density at radius 1 is 1.67 bits per heavy atom. The molecule has 1 N–H and O–H groups in total. The molecule has 0 amide bonds. The maximum absolute atomic E-state index is 5.84. The van der Waals surface area contributed by atoms with Crippen LogP contribution < -0.4 is 5.43 Å². The van der Waals surface area contributed by atoms with Crippen molar-refractivity contribution in [2.45, 2.75) is 5.50 Å². The monoisotopic (exact) mass is 268 g/mol. The van der Waals surface area contributed by atoms with Gasteiger partial charge in [0.15, 0.2) is 11.3 Å². The molecule has 1 aromatic heterocycles. The first-order valence-electron chi connectivity index (χ1n) is 3.06. The van der Waals surface area contributed by atoms with Gasteiger partial charge in [-0.05, 0) is 27.5 Å². The highest BCUT2D eigenvalue weighted by molar-refractivity contribution is 9.10. The van der Waals surface area contributed by atoms with Gasteiger partial charge in [0, 0.05) is 0 Å². The molecular formula is C5H3BrCl2N4. The molecule has 64 valence electrons. The quantitative estimate of drug-likeness (QED) is 0.579. The maximum Gasteiger partial charge on any atom is 0.212 e. The van der Waals surface area contributed by atoms with Crippen LogP contribution in [0, 0.1) is 0 Å². The molecule has 4 nitrogen and oxygen atoms in total. The van der Waals surface area contributed by atoms with Crippen molar-refractivity contribution in [3.8, 4) is 0 Å². The Balaban J connectivity index is 2.50. The van der Waals surface area contributed by atoms with Crippen LogP contribution in [0.25, 0.3) is 0 Å². The van der Waals surface area contributed by atoms with Crippen LogP contribution in [0.5, 0.6) is 0 Å². The van der Waals surface area contributed by atoms with E-state index < -0.39 is 5.50 Å². The topological polar surface area (TPSA) is 42.2 Å². The van der Waals surface area contributed by atoms with Crippen molar-refractivity contribution in [2.75, 3.05) is 5.43 Å². The molecule has 1 unspecified atom stereocenters. The number of hydrogen-bond acceptors (Lipinski definition) is 3. The number of nitrogens with zero attached hydrogens (tertiary/aromatic N) is 3. The van der Waals surface area contributed by atoms with Gasteiger partial charge < -0.3 is 0 Å². The molecule has 1 aliphatic heterocycles. The fourth-order valence-electron chi connectivity index (χ4n) is 0.901. The second kappa shape index (κ2) is 2.90. The van der Waals surface area contributed by atoms with Gasteiger partial charge in [-0.3, -0.25) is 5.43 Å². The number of hydrogen-bond donors (Lipinski definition) is 1. The van der Waals surface area contributed by atoms with Gasteiger partial charge in [0.05, 0.1) is 6.20 Å². The lowest BCUT2D eigenvalue weighted by molar-refractivity contribution is 0.771. The predicted octanol–water partition coefficient (Wildman–Crippen LogP) is 2.03. The van der Waals surface area contributed by atoms with Gasteiger partial charge in [-0.25, -0.2) is 14.7 Å². The van der Waals surface area contributed by atoms with E-state index in [9.17, 15) is 0 Å². The van der Waals surface area contributed by atoms with Crippen molar-refractivity contribution in [1.82, 2.24) is 9.66 Å². The number of halogens is 3. The SMILES string of the molecule is ClC1=NC(Cl)c2ncc(Br)n2N1. The molecule has 0 aliphatic carbocycles. The molecule has 0 radical (unpaired) electrons. The summed E-state index contributed by atoms with van der Waals surface area (Å²) < 4.78 is 2.39. The lowest BCUT2D eigenvalue weighted by Gasteiger charge is -2.16. The van der Waals surface area contributed by atoms with Crippen LogP contribution in [0.1, 0.15) is 11.3 Å². The Bertz CT molecular complexity index is 347. The number of aromatic nitrogens is 2. The molecule has 7 heteroatoms. The van der Waals surface area contributed by atoms with Crippen LogP contribution in [0.15, 0.2) is 15.8 Å². The average Bonchev–Trinajstić information content (AvgIpc) is 2.33. The summed E-state index contributed by atoms with van der Waals surface area (Å²) in [5.41, 5.74) is 2.25. The number of rotatable bonds is 0. The summed E-state index contributed by atoms with van der Waals surface area (Å²) in [5.74, 6) is 0.618. The third kappa shape index (κ3) is 1.22. The first-order chi connectivity index (χ1) is 5.68. The zero-order valence-corrected chi connectivity index (χ0v) is 8.73. The Labute approximate surface area is 86.7 Å². The van der Waals surface area contributed by atoms with Crippen LogP contribution in [0.3, 0.4) is 0 Å². The minimum atomic E-state index is -0.523. The molecule has 12 heavy (non-hydrogen) atoms. The van der Waals surface area contributed by atoms with E-state index in [0.29, 0.717) is 5.82 Å². The number of alkyl halides is 1. The lowest BCUT2D eigenvalue weighted by atomic mass is 10.6. The average molecular weight is 270 g/mol. The molecule has 0 aromatic carbocycles. The van der Waals surface area contributed by atoms with Crippen LogP contribution in [0.4, 0.5) is 0 Å². The molecule has 2 rings (SSSR count). The Morgan fingerprint density at radius 2 is 2.42 bits per heavy atom. The summed E-state index contributed by atoms with van der Waals surface area (Å²) in [5, 5.41) is 0.251. The van der Waals surface area contributed by atoms with Crippen LogP contribution >= 0.6 is 39.1 Å². The van der Waals surface area contributed by atoms with Crippen molar-refractivity contribution < 1.29 is 0 Å². The van der Waals surface area contributed by atoms with Crippen molar-refractivity contribution in [1.29, 1.82) is 0 Å². The minimum Gasteiger partial charge on any atom is -0.266 e. The van der Waals surface area contributed by atoms with Gasteiger partial charge >= 0.3 is 0 Å². The summed E-state index contributed by atoms with van der Waals surface area (Å²) in [6, 6.07) is 0. The highest BCUT2D eigenvalue weighted by Gasteiger charge is 2.21. The van der Waals surface area contributed by atoms with Gasteiger partial charge in [-0.15, -0.1) is 0 Å². The summed E-state index contributed by atoms with van der Waals surface area (Å²) in [6.07, 6.45) is 1.63. The van der Waals surface area contributed by atoms with Crippen LogP contribution in [-0.4, -0.2) is 15.0 Å². The lowest BCUT2D eigenvalue weighted by Crippen LogP contribution is -2.26. The molecule has 0 bridgehead atoms. The van der Waals surface area contributed by atoms with Crippen LogP contribution in [0.2, 0.25) is 0 Å². The molecule has 0 spiro atoms.